The number of nitrogens with zero attached hydrogens (tertiary/aromatic N) is 1. The van der Waals surface area contributed by atoms with Gasteiger partial charge in [-0.25, -0.2) is 8.42 Å². The van der Waals surface area contributed by atoms with E-state index in [1.165, 1.54) is 4.31 Å². The fourth-order valence-electron chi connectivity index (χ4n) is 2.27. The van der Waals surface area contributed by atoms with Crippen LogP contribution in [0.2, 0.25) is 0 Å². The maximum absolute atomic E-state index is 12.3. The van der Waals surface area contributed by atoms with Gasteiger partial charge in [-0.2, -0.15) is 0 Å². The Morgan fingerprint density at radius 2 is 1.67 bits per heavy atom. The van der Waals surface area contributed by atoms with Crippen molar-refractivity contribution in [3.63, 3.8) is 0 Å². The molecule has 0 unspecified atom stereocenters. The van der Waals surface area contributed by atoms with E-state index >= 15 is 0 Å². The van der Waals surface area contributed by atoms with E-state index in [1.807, 2.05) is 32.0 Å². The minimum Gasteiger partial charge on any atom is -0.317 e. The van der Waals surface area contributed by atoms with Crippen molar-refractivity contribution in [1.29, 1.82) is 0 Å². The molecule has 0 aliphatic heterocycles. The summed E-state index contributed by atoms with van der Waals surface area (Å²) >= 11 is 0. The summed E-state index contributed by atoms with van der Waals surface area (Å²) < 4.78 is 26.1. The number of nitrogens with one attached hydrogen (secondary N) is 1. The van der Waals surface area contributed by atoms with E-state index in [0.29, 0.717) is 6.42 Å². The van der Waals surface area contributed by atoms with Gasteiger partial charge in [-0.3, -0.25) is 4.31 Å². The highest BCUT2D eigenvalue weighted by atomic mass is 32.2. The Balaban J connectivity index is 2.57. The first-order valence-electron chi connectivity index (χ1n) is 7.62. The summed E-state index contributed by atoms with van der Waals surface area (Å²) in [6.45, 7) is 7.97. The van der Waals surface area contributed by atoms with Gasteiger partial charge in [-0.15, -0.1) is 0 Å². The smallest absolute Gasteiger partial charge is 0.234 e. The lowest BCUT2D eigenvalue weighted by molar-refractivity contribution is 0.584. The van der Waals surface area contributed by atoms with Gasteiger partial charge < -0.3 is 5.32 Å². The van der Waals surface area contributed by atoms with E-state index in [0.717, 1.165) is 42.7 Å². The zero-order valence-corrected chi connectivity index (χ0v) is 14.5. The third kappa shape index (κ3) is 6.06. The molecule has 0 heterocycles. The fourth-order valence-corrected chi connectivity index (χ4v) is 3.54. The maximum atomic E-state index is 12.3. The number of anilines is 1. The third-order valence-corrected chi connectivity index (χ3v) is 5.27. The van der Waals surface area contributed by atoms with Crippen molar-refractivity contribution >= 4 is 15.7 Å². The van der Waals surface area contributed by atoms with Crippen molar-refractivity contribution in [1.82, 2.24) is 5.32 Å². The van der Waals surface area contributed by atoms with E-state index in [4.69, 9.17) is 0 Å². The van der Waals surface area contributed by atoms with Crippen LogP contribution in [0.4, 0.5) is 5.69 Å². The first-order valence-corrected chi connectivity index (χ1v) is 9.23. The topological polar surface area (TPSA) is 49.4 Å². The third-order valence-electron chi connectivity index (χ3n) is 3.42. The number of hydrogen-bond donors (Lipinski definition) is 1. The predicted molar refractivity (Wildman–Crippen MR) is 90.5 cm³/mol. The molecule has 1 aromatic rings. The van der Waals surface area contributed by atoms with Crippen LogP contribution in [-0.4, -0.2) is 34.3 Å². The normalized spacial score (nSPS) is 11.6. The predicted octanol–water partition coefficient (Wildman–Crippen LogP) is 2.85. The minimum absolute atomic E-state index is 0.199. The quantitative estimate of drug-likeness (QED) is 0.713. The van der Waals surface area contributed by atoms with Crippen molar-refractivity contribution in [3.05, 3.63) is 29.3 Å². The molecule has 5 heteroatoms. The molecule has 0 aliphatic rings. The molecule has 0 amide bonds. The molecule has 0 fully saturated rings. The molecule has 0 saturated heterocycles. The molecule has 0 saturated carbocycles. The highest BCUT2D eigenvalue weighted by Gasteiger charge is 2.18. The van der Waals surface area contributed by atoms with Gasteiger partial charge in [0.1, 0.15) is 0 Å². The van der Waals surface area contributed by atoms with Gasteiger partial charge in [-0.05, 0) is 69.5 Å². The van der Waals surface area contributed by atoms with E-state index in [2.05, 4.69) is 12.2 Å². The molecular weight excluding hydrogens is 284 g/mol. The van der Waals surface area contributed by atoms with E-state index in [1.54, 1.807) is 7.05 Å². The monoisotopic (exact) mass is 312 g/mol. The summed E-state index contributed by atoms with van der Waals surface area (Å²) in [6, 6.07) is 5.87. The van der Waals surface area contributed by atoms with E-state index in [-0.39, 0.29) is 5.75 Å². The first kappa shape index (κ1) is 18.0. The molecule has 0 bridgehead atoms. The molecule has 0 aliphatic carbocycles. The fraction of sp³-hybridized carbons (Fsp3) is 0.625. The van der Waals surface area contributed by atoms with Crippen LogP contribution in [-0.2, 0) is 10.0 Å². The Labute approximate surface area is 129 Å². The molecule has 1 N–H and O–H groups in total. The van der Waals surface area contributed by atoms with Crippen LogP contribution in [0.3, 0.4) is 0 Å². The van der Waals surface area contributed by atoms with Crippen LogP contribution in [0.15, 0.2) is 18.2 Å². The molecule has 1 rings (SSSR count). The lowest BCUT2D eigenvalue weighted by Crippen LogP contribution is -2.29. The Morgan fingerprint density at radius 3 is 2.24 bits per heavy atom. The maximum Gasteiger partial charge on any atom is 0.234 e. The Morgan fingerprint density at radius 1 is 1.05 bits per heavy atom. The summed E-state index contributed by atoms with van der Waals surface area (Å²) in [7, 11) is -1.60. The van der Waals surface area contributed by atoms with Crippen molar-refractivity contribution in [2.24, 2.45) is 0 Å². The zero-order valence-electron chi connectivity index (χ0n) is 13.6. The van der Waals surface area contributed by atoms with Crippen molar-refractivity contribution in [3.8, 4) is 0 Å². The summed E-state index contributed by atoms with van der Waals surface area (Å²) in [6.07, 6.45) is 2.68. The largest absolute Gasteiger partial charge is 0.317 e. The van der Waals surface area contributed by atoms with Gasteiger partial charge in [0.2, 0.25) is 10.0 Å². The Kier molecular flexibility index (Phi) is 7.18. The summed E-state index contributed by atoms with van der Waals surface area (Å²) in [5.74, 6) is 0.199. The second kappa shape index (κ2) is 8.39. The van der Waals surface area contributed by atoms with Crippen molar-refractivity contribution < 1.29 is 8.42 Å². The number of aryl methyl sites for hydroxylation is 2. The second-order valence-electron chi connectivity index (χ2n) is 5.59. The molecule has 4 nitrogen and oxygen atoms in total. The average molecular weight is 312 g/mol. The van der Waals surface area contributed by atoms with E-state index < -0.39 is 10.0 Å². The van der Waals surface area contributed by atoms with Crippen LogP contribution < -0.4 is 9.62 Å². The summed E-state index contributed by atoms with van der Waals surface area (Å²) in [5, 5.41) is 3.29. The van der Waals surface area contributed by atoms with Crippen LogP contribution in [0, 0.1) is 13.8 Å². The van der Waals surface area contributed by atoms with Gasteiger partial charge in [0.05, 0.1) is 11.4 Å². The number of rotatable bonds is 9. The number of unbranched alkanes of at least 4 members (excludes halogenated alkanes) is 1. The minimum atomic E-state index is -3.23. The summed E-state index contributed by atoms with van der Waals surface area (Å²) in [4.78, 5) is 0. The molecular formula is C16H28N2O2S. The van der Waals surface area contributed by atoms with Crippen LogP contribution in [0.1, 0.15) is 37.3 Å². The zero-order chi connectivity index (χ0) is 15.9. The van der Waals surface area contributed by atoms with Gasteiger partial charge >= 0.3 is 0 Å². The molecule has 21 heavy (non-hydrogen) atoms. The van der Waals surface area contributed by atoms with Crippen LogP contribution in [0.25, 0.3) is 0 Å². The van der Waals surface area contributed by atoms with Gasteiger partial charge in [0.25, 0.3) is 0 Å². The highest BCUT2D eigenvalue weighted by molar-refractivity contribution is 7.92. The standard InChI is InChI=1S/C16H28N2O2S/c1-5-8-17-9-6-7-10-21(19,20)18(4)16-12-14(2)11-15(3)13-16/h11-13,17H,5-10H2,1-4H3. The Bertz CT molecular complexity index is 521. The molecule has 0 spiro atoms. The molecule has 0 radical (unpaired) electrons. The molecule has 0 atom stereocenters. The molecule has 120 valence electrons. The van der Waals surface area contributed by atoms with Crippen molar-refractivity contribution in [2.45, 2.75) is 40.0 Å². The van der Waals surface area contributed by atoms with Crippen LogP contribution >= 0.6 is 0 Å². The molecule has 0 aromatic heterocycles. The van der Waals surface area contributed by atoms with Gasteiger partial charge in [-0.1, -0.05) is 13.0 Å². The highest BCUT2D eigenvalue weighted by Crippen LogP contribution is 2.20. The first-order chi connectivity index (χ1) is 9.86. The second-order valence-corrected chi connectivity index (χ2v) is 7.71. The van der Waals surface area contributed by atoms with Crippen molar-refractivity contribution in [2.75, 3.05) is 30.2 Å². The average Bonchev–Trinajstić information content (AvgIpc) is 2.40. The molecule has 1 aromatic carbocycles. The number of benzene rings is 1. The lowest BCUT2D eigenvalue weighted by atomic mass is 10.1. The van der Waals surface area contributed by atoms with Gasteiger partial charge in [0, 0.05) is 7.05 Å². The Hall–Kier alpha value is -1.07. The SMILES string of the molecule is CCCNCCCCS(=O)(=O)N(C)c1cc(C)cc(C)c1. The number of hydrogen-bond acceptors (Lipinski definition) is 3. The number of sulfonamides is 1. The van der Waals surface area contributed by atoms with E-state index in [9.17, 15) is 8.42 Å². The van der Waals surface area contributed by atoms with Crippen LogP contribution in [0.5, 0.6) is 0 Å². The summed E-state index contributed by atoms with van der Waals surface area (Å²) in [5.41, 5.74) is 2.91. The lowest BCUT2D eigenvalue weighted by Gasteiger charge is -2.20. The van der Waals surface area contributed by atoms with Gasteiger partial charge in [0.15, 0.2) is 0 Å².